The van der Waals surface area contributed by atoms with Crippen LogP contribution in [0.25, 0.3) is 0 Å². The lowest BCUT2D eigenvalue weighted by Crippen LogP contribution is -2.38. The molecule has 1 aliphatic rings. The first-order chi connectivity index (χ1) is 4.83. The summed E-state index contributed by atoms with van der Waals surface area (Å²) in [5, 5.41) is 0. The van der Waals surface area contributed by atoms with Gasteiger partial charge in [0.1, 0.15) is 11.5 Å². The minimum absolute atomic E-state index is 0.560. The van der Waals surface area contributed by atoms with Crippen molar-refractivity contribution in [2.24, 2.45) is 0 Å². The van der Waals surface area contributed by atoms with Gasteiger partial charge < -0.3 is 4.55 Å². The van der Waals surface area contributed by atoms with E-state index in [1.807, 2.05) is 6.54 Å². The highest BCUT2D eigenvalue weighted by Gasteiger charge is 2.17. The molecule has 0 aromatic heterocycles. The van der Waals surface area contributed by atoms with Gasteiger partial charge in [-0.3, -0.25) is 4.90 Å². The van der Waals surface area contributed by atoms with Gasteiger partial charge in [-0.2, -0.15) is 0 Å². The van der Waals surface area contributed by atoms with Crippen molar-refractivity contribution in [3.63, 3.8) is 0 Å². The van der Waals surface area contributed by atoms with Crippen molar-refractivity contribution in [2.45, 2.75) is 0 Å². The second-order valence-electron chi connectivity index (χ2n) is 2.27. The third-order valence-electron chi connectivity index (χ3n) is 1.53. The molecule has 2 nitrogen and oxygen atoms in total. The molecule has 3 heteroatoms. The van der Waals surface area contributed by atoms with Crippen LogP contribution in [-0.4, -0.2) is 34.0 Å². The highest BCUT2D eigenvalue weighted by atomic mass is 32.2. The summed E-state index contributed by atoms with van der Waals surface area (Å²) >= 11 is -0.560. The van der Waals surface area contributed by atoms with Crippen LogP contribution in [0.1, 0.15) is 0 Å². The van der Waals surface area contributed by atoms with Crippen LogP contribution in [0.2, 0.25) is 0 Å². The predicted molar refractivity (Wildman–Crippen MR) is 43.9 cm³/mol. The fraction of sp³-hybridized carbons (Fsp3) is 0.571. The SMILES string of the molecule is C=C[CH]N1CC[S+]([O-])CC1. The molecular weight excluding hydrogens is 146 g/mol. The summed E-state index contributed by atoms with van der Waals surface area (Å²) in [5.74, 6) is 1.62. The Kier molecular flexibility index (Phi) is 3.25. The van der Waals surface area contributed by atoms with E-state index in [2.05, 4.69) is 11.5 Å². The van der Waals surface area contributed by atoms with Crippen molar-refractivity contribution in [2.75, 3.05) is 24.6 Å². The average molecular weight is 158 g/mol. The van der Waals surface area contributed by atoms with Gasteiger partial charge in [0.05, 0.1) is 0 Å². The van der Waals surface area contributed by atoms with E-state index in [9.17, 15) is 4.55 Å². The Morgan fingerprint density at radius 2 is 2.00 bits per heavy atom. The van der Waals surface area contributed by atoms with Gasteiger partial charge in [-0.05, 0) is 0 Å². The maximum atomic E-state index is 10.9. The van der Waals surface area contributed by atoms with Gasteiger partial charge in [-0.15, -0.1) is 6.58 Å². The zero-order valence-corrected chi connectivity index (χ0v) is 6.77. The Hall–Kier alpha value is 0.01000. The van der Waals surface area contributed by atoms with E-state index < -0.39 is 11.2 Å². The molecule has 10 heavy (non-hydrogen) atoms. The largest absolute Gasteiger partial charge is 0.616 e. The lowest BCUT2D eigenvalue weighted by atomic mass is 10.4. The summed E-state index contributed by atoms with van der Waals surface area (Å²) in [6.07, 6.45) is 1.77. The zero-order valence-electron chi connectivity index (χ0n) is 5.95. The lowest BCUT2D eigenvalue weighted by molar-refractivity contribution is 0.373. The van der Waals surface area contributed by atoms with E-state index in [0.717, 1.165) is 24.6 Å². The van der Waals surface area contributed by atoms with Gasteiger partial charge in [0.2, 0.25) is 0 Å². The molecular formula is C7H12NOS. The topological polar surface area (TPSA) is 26.3 Å². The molecule has 0 amide bonds. The van der Waals surface area contributed by atoms with E-state index in [4.69, 9.17) is 0 Å². The molecule has 0 aromatic carbocycles. The van der Waals surface area contributed by atoms with Gasteiger partial charge in [-0.25, -0.2) is 0 Å². The Labute approximate surface area is 65.1 Å². The number of rotatable bonds is 2. The third-order valence-corrected chi connectivity index (χ3v) is 2.80. The van der Waals surface area contributed by atoms with E-state index in [-0.39, 0.29) is 0 Å². The van der Waals surface area contributed by atoms with Crippen molar-refractivity contribution >= 4 is 11.2 Å². The average Bonchev–Trinajstić information content (AvgIpc) is 1.95. The van der Waals surface area contributed by atoms with Crippen molar-refractivity contribution in [1.29, 1.82) is 0 Å². The van der Waals surface area contributed by atoms with Crippen LogP contribution >= 0.6 is 0 Å². The van der Waals surface area contributed by atoms with Crippen LogP contribution < -0.4 is 0 Å². The molecule has 0 bridgehead atoms. The van der Waals surface area contributed by atoms with Crippen LogP contribution in [0.5, 0.6) is 0 Å². The third kappa shape index (κ3) is 2.33. The molecule has 1 saturated heterocycles. The first-order valence-electron chi connectivity index (χ1n) is 3.38. The minimum Gasteiger partial charge on any atom is -0.616 e. The van der Waals surface area contributed by atoms with Crippen LogP contribution in [0.15, 0.2) is 12.7 Å². The molecule has 0 spiro atoms. The first-order valence-corrected chi connectivity index (χ1v) is 4.86. The van der Waals surface area contributed by atoms with Gasteiger partial charge in [0, 0.05) is 19.6 Å². The summed E-state index contributed by atoms with van der Waals surface area (Å²) in [6.45, 7) is 7.39. The molecule has 1 aliphatic heterocycles. The fourth-order valence-corrected chi connectivity index (χ4v) is 2.03. The van der Waals surface area contributed by atoms with E-state index in [1.165, 1.54) is 0 Å². The Morgan fingerprint density at radius 3 is 2.50 bits per heavy atom. The second kappa shape index (κ2) is 4.01. The molecule has 57 valence electrons. The zero-order chi connectivity index (χ0) is 7.40. The smallest absolute Gasteiger partial charge is 0.118 e. The van der Waals surface area contributed by atoms with Gasteiger partial charge >= 0.3 is 0 Å². The Balaban J connectivity index is 2.19. The molecule has 1 heterocycles. The maximum Gasteiger partial charge on any atom is 0.118 e. The Morgan fingerprint density at radius 1 is 1.40 bits per heavy atom. The van der Waals surface area contributed by atoms with Crippen molar-refractivity contribution in [3.8, 4) is 0 Å². The molecule has 0 unspecified atom stereocenters. The quantitative estimate of drug-likeness (QED) is 0.544. The summed E-state index contributed by atoms with van der Waals surface area (Å²) in [6, 6.07) is 0. The molecule has 0 N–H and O–H groups in total. The van der Waals surface area contributed by atoms with E-state index >= 15 is 0 Å². The predicted octanol–water partition coefficient (Wildman–Crippen LogP) is 0.398. The molecule has 1 radical (unpaired) electrons. The summed E-state index contributed by atoms with van der Waals surface area (Å²) < 4.78 is 10.9. The summed E-state index contributed by atoms with van der Waals surface area (Å²) in [4.78, 5) is 2.15. The van der Waals surface area contributed by atoms with Crippen LogP contribution in [0.3, 0.4) is 0 Å². The standard InChI is InChI=1S/C7H12NOS/c1-2-3-8-4-6-10(9)7-5-8/h2-3H,1,4-7H2. The van der Waals surface area contributed by atoms with Crippen molar-refractivity contribution in [1.82, 2.24) is 4.90 Å². The lowest BCUT2D eigenvalue weighted by Gasteiger charge is -2.26. The Bertz CT molecular complexity index is 110. The van der Waals surface area contributed by atoms with Crippen LogP contribution in [-0.2, 0) is 11.2 Å². The van der Waals surface area contributed by atoms with Crippen molar-refractivity contribution < 1.29 is 4.55 Å². The van der Waals surface area contributed by atoms with Gasteiger partial charge in [-0.1, -0.05) is 17.3 Å². The number of hydrogen-bond acceptors (Lipinski definition) is 2. The normalized spacial score (nSPS) is 22.9. The summed E-state index contributed by atoms with van der Waals surface area (Å²) in [5.41, 5.74) is 0. The monoisotopic (exact) mass is 158 g/mol. The molecule has 1 rings (SSSR count). The number of nitrogens with zero attached hydrogens (tertiary/aromatic N) is 1. The van der Waals surface area contributed by atoms with Crippen LogP contribution in [0, 0.1) is 6.54 Å². The maximum absolute atomic E-state index is 10.9. The summed E-state index contributed by atoms with van der Waals surface area (Å²) in [7, 11) is 0. The first kappa shape index (κ1) is 8.11. The van der Waals surface area contributed by atoms with Gasteiger partial charge in [0.15, 0.2) is 0 Å². The highest BCUT2D eigenvalue weighted by Crippen LogP contribution is 2.04. The molecule has 0 atom stereocenters. The number of hydrogen-bond donors (Lipinski definition) is 0. The molecule has 0 aromatic rings. The highest BCUT2D eigenvalue weighted by molar-refractivity contribution is 7.91. The fourth-order valence-electron chi connectivity index (χ4n) is 0.950. The van der Waals surface area contributed by atoms with Crippen molar-refractivity contribution in [3.05, 3.63) is 19.2 Å². The van der Waals surface area contributed by atoms with E-state index in [0.29, 0.717) is 0 Å². The van der Waals surface area contributed by atoms with E-state index in [1.54, 1.807) is 6.08 Å². The minimum atomic E-state index is -0.560. The molecule has 0 aliphatic carbocycles. The van der Waals surface area contributed by atoms with Gasteiger partial charge in [0.25, 0.3) is 0 Å². The van der Waals surface area contributed by atoms with Crippen LogP contribution in [0.4, 0.5) is 0 Å². The molecule has 1 fully saturated rings. The second-order valence-corrected chi connectivity index (χ2v) is 3.96. The molecule has 0 saturated carbocycles.